The largest absolute Gasteiger partial charge is 0.327 e. The molecule has 4 nitrogen and oxygen atoms in total. The van der Waals surface area contributed by atoms with Gasteiger partial charge in [-0.3, -0.25) is 4.79 Å². The third kappa shape index (κ3) is 4.31. The number of carbonyl (C=O) groups excluding carboxylic acids is 1. The lowest BCUT2D eigenvalue weighted by Gasteiger charge is -2.24. The zero-order valence-corrected chi connectivity index (χ0v) is 18.8. The number of para-hydroxylation sites is 2. The van der Waals surface area contributed by atoms with E-state index < -0.39 is 0 Å². The van der Waals surface area contributed by atoms with Crippen molar-refractivity contribution >= 4 is 16.9 Å². The molecule has 1 amide bonds. The number of hydrogen-bond donors (Lipinski definition) is 0. The van der Waals surface area contributed by atoms with Crippen LogP contribution in [0.5, 0.6) is 0 Å². The van der Waals surface area contributed by atoms with Crippen LogP contribution in [0.3, 0.4) is 0 Å². The molecule has 0 bridgehead atoms. The van der Waals surface area contributed by atoms with E-state index in [1.807, 2.05) is 48.2 Å². The highest BCUT2D eigenvalue weighted by atomic mass is 16.2. The Hall–Kier alpha value is -3.40. The van der Waals surface area contributed by atoms with Gasteiger partial charge in [-0.05, 0) is 61.9 Å². The predicted octanol–water partition coefficient (Wildman–Crippen LogP) is 5.91. The molecule has 1 aromatic heterocycles. The highest BCUT2D eigenvalue weighted by Crippen LogP contribution is 2.33. The molecule has 1 saturated carbocycles. The Morgan fingerprint density at radius 3 is 2.47 bits per heavy atom. The van der Waals surface area contributed by atoms with E-state index in [-0.39, 0.29) is 5.91 Å². The highest BCUT2D eigenvalue weighted by molar-refractivity contribution is 5.95. The van der Waals surface area contributed by atoms with Gasteiger partial charge in [0.15, 0.2) is 0 Å². The molecule has 1 fully saturated rings. The average Bonchev–Trinajstić information content (AvgIpc) is 3.55. The van der Waals surface area contributed by atoms with Gasteiger partial charge < -0.3 is 9.47 Å². The quantitative estimate of drug-likeness (QED) is 0.371. The molecule has 0 aliphatic heterocycles. The van der Waals surface area contributed by atoms with Crippen molar-refractivity contribution in [2.45, 2.75) is 46.3 Å². The fraction of sp³-hybridized carbons (Fsp3) is 0.286. The second-order valence-electron chi connectivity index (χ2n) is 9.04. The van der Waals surface area contributed by atoms with Gasteiger partial charge in [0.2, 0.25) is 0 Å². The molecule has 0 atom stereocenters. The minimum absolute atomic E-state index is 0.0522. The minimum atomic E-state index is 0.0522. The van der Waals surface area contributed by atoms with Gasteiger partial charge in [0.1, 0.15) is 5.82 Å². The molecule has 4 heteroatoms. The first kappa shape index (κ1) is 20.5. The lowest BCUT2D eigenvalue weighted by atomic mass is 10.0. The summed E-state index contributed by atoms with van der Waals surface area (Å²) < 4.78 is 2.33. The Kier molecular flexibility index (Phi) is 5.52. The topological polar surface area (TPSA) is 38.1 Å². The van der Waals surface area contributed by atoms with Crippen molar-refractivity contribution in [3.63, 3.8) is 0 Å². The van der Waals surface area contributed by atoms with Crippen LogP contribution < -0.4 is 0 Å². The van der Waals surface area contributed by atoms with Gasteiger partial charge in [-0.25, -0.2) is 4.98 Å². The molecule has 1 aliphatic rings. The van der Waals surface area contributed by atoms with Gasteiger partial charge in [0.05, 0.1) is 17.6 Å². The number of rotatable bonds is 7. The second-order valence-corrected chi connectivity index (χ2v) is 9.04. The SMILES string of the molecule is Cc1ccc(C(=O)N(Cc2ccccc2)Cc2nc3ccccc3n2CC2CC2)c(C)c1. The van der Waals surface area contributed by atoms with Gasteiger partial charge >= 0.3 is 0 Å². The van der Waals surface area contributed by atoms with Gasteiger partial charge in [0.25, 0.3) is 5.91 Å². The van der Waals surface area contributed by atoms with Crippen LogP contribution in [0, 0.1) is 19.8 Å². The van der Waals surface area contributed by atoms with Crippen molar-refractivity contribution < 1.29 is 4.79 Å². The lowest BCUT2D eigenvalue weighted by molar-refractivity contribution is 0.0723. The lowest BCUT2D eigenvalue weighted by Crippen LogP contribution is -2.32. The monoisotopic (exact) mass is 423 g/mol. The Bertz CT molecular complexity index is 1250. The molecule has 0 spiro atoms. The third-order valence-corrected chi connectivity index (χ3v) is 6.32. The fourth-order valence-electron chi connectivity index (χ4n) is 4.41. The number of imidazole rings is 1. The molecule has 162 valence electrons. The average molecular weight is 424 g/mol. The molecule has 5 rings (SSSR count). The molecule has 0 radical (unpaired) electrons. The van der Waals surface area contributed by atoms with E-state index in [0.717, 1.165) is 46.0 Å². The predicted molar refractivity (Wildman–Crippen MR) is 128 cm³/mol. The first-order valence-electron chi connectivity index (χ1n) is 11.4. The van der Waals surface area contributed by atoms with Crippen LogP contribution in [0.4, 0.5) is 0 Å². The maximum Gasteiger partial charge on any atom is 0.254 e. The Labute approximate surface area is 189 Å². The zero-order valence-electron chi connectivity index (χ0n) is 18.8. The first-order valence-corrected chi connectivity index (χ1v) is 11.4. The summed E-state index contributed by atoms with van der Waals surface area (Å²) in [7, 11) is 0. The Morgan fingerprint density at radius 2 is 1.72 bits per heavy atom. The maximum atomic E-state index is 13.7. The minimum Gasteiger partial charge on any atom is -0.327 e. The van der Waals surface area contributed by atoms with Crippen molar-refractivity contribution in [1.29, 1.82) is 0 Å². The third-order valence-electron chi connectivity index (χ3n) is 6.32. The molecule has 1 heterocycles. The molecule has 0 saturated heterocycles. The number of hydrogen-bond acceptors (Lipinski definition) is 2. The van der Waals surface area contributed by atoms with E-state index >= 15 is 0 Å². The summed E-state index contributed by atoms with van der Waals surface area (Å²) in [5.41, 5.74) is 6.22. The summed E-state index contributed by atoms with van der Waals surface area (Å²) in [4.78, 5) is 20.6. The Balaban J connectivity index is 1.53. The molecular formula is C28H29N3O. The van der Waals surface area contributed by atoms with Crippen LogP contribution in [-0.4, -0.2) is 20.4 Å². The molecule has 0 N–H and O–H groups in total. The summed E-state index contributed by atoms with van der Waals surface area (Å²) in [6.07, 6.45) is 2.56. The van der Waals surface area contributed by atoms with E-state index in [4.69, 9.17) is 4.98 Å². The number of benzene rings is 3. The van der Waals surface area contributed by atoms with E-state index in [1.165, 1.54) is 18.4 Å². The summed E-state index contributed by atoms with van der Waals surface area (Å²) in [5, 5.41) is 0. The fourth-order valence-corrected chi connectivity index (χ4v) is 4.41. The molecule has 4 aromatic rings. The van der Waals surface area contributed by atoms with E-state index in [2.05, 4.69) is 47.9 Å². The van der Waals surface area contributed by atoms with Crippen LogP contribution in [0.1, 0.15) is 45.7 Å². The number of amides is 1. The van der Waals surface area contributed by atoms with E-state index in [9.17, 15) is 4.79 Å². The summed E-state index contributed by atoms with van der Waals surface area (Å²) in [6, 6.07) is 24.6. The molecule has 1 aliphatic carbocycles. The number of aryl methyl sites for hydroxylation is 2. The van der Waals surface area contributed by atoms with Crippen LogP contribution in [-0.2, 0) is 19.6 Å². The van der Waals surface area contributed by atoms with E-state index in [0.29, 0.717) is 13.1 Å². The zero-order chi connectivity index (χ0) is 22.1. The smallest absolute Gasteiger partial charge is 0.254 e. The molecule has 3 aromatic carbocycles. The summed E-state index contributed by atoms with van der Waals surface area (Å²) >= 11 is 0. The Morgan fingerprint density at radius 1 is 0.969 bits per heavy atom. The molecule has 32 heavy (non-hydrogen) atoms. The molecular weight excluding hydrogens is 394 g/mol. The maximum absolute atomic E-state index is 13.7. The van der Waals surface area contributed by atoms with Crippen LogP contribution in [0.15, 0.2) is 72.8 Å². The second kappa shape index (κ2) is 8.62. The van der Waals surface area contributed by atoms with Crippen LogP contribution >= 0.6 is 0 Å². The standard InChI is InChI=1S/C28H29N3O/c1-20-12-15-24(21(2)16-20)28(32)30(17-22-8-4-3-5-9-22)19-27-29-25-10-6-7-11-26(25)31(27)18-23-13-14-23/h3-12,15-16,23H,13-14,17-19H2,1-2H3. The van der Waals surface area contributed by atoms with Crippen LogP contribution in [0.25, 0.3) is 11.0 Å². The highest BCUT2D eigenvalue weighted by Gasteiger charge is 2.26. The summed E-state index contributed by atoms with van der Waals surface area (Å²) in [5.74, 6) is 1.74. The number of nitrogens with zero attached hydrogens (tertiary/aromatic N) is 3. The van der Waals surface area contributed by atoms with E-state index in [1.54, 1.807) is 0 Å². The normalized spacial score (nSPS) is 13.4. The van der Waals surface area contributed by atoms with Crippen molar-refractivity contribution in [2.75, 3.05) is 0 Å². The van der Waals surface area contributed by atoms with Gasteiger partial charge in [-0.1, -0.05) is 60.2 Å². The van der Waals surface area contributed by atoms with Crippen molar-refractivity contribution in [2.24, 2.45) is 5.92 Å². The summed E-state index contributed by atoms with van der Waals surface area (Å²) in [6.45, 7) is 6.10. The number of fused-ring (bicyclic) bond motifs is 1. The van der Waals surface area contributed by atoms with Gasteiger partial charge in [-0.15, -0.1) is 0 Å². The molecule has 0 unspecified atom stereocenters. The van der Waals surface area contributed by atoms with Crippen molar-refractivity contribution in [1.82, 2.24) is 14.5 Å². The van der Waals surface area contributed by atoms with Gasteiger partial charge in [-0.2, -0.15) is 0 Å². The van der Waals surface area contributed by atoms with Crippen LogP contribution in [0.2, 0.25) is 0 Å². The number of aromatic nitrogens is 2. The van der Waals surface area contributed by atoms with Crippen molar-refractivity contribution in [3.05, 3.63) is 101 Å². The van der Waals surface area contributed by atoms with Crippen molar-refractivity contribution in [3.8, 4) is 0 Å². The van der Waals surface area contributed by atoms with Gasteiger partial charge in [0, 0.05) is 18.7 Å². The first-order chi connectivity index (χ1) is 15.6. The number of carbonyl (C=O) groups is 1.